The van der Waals surface area contributed by atoms with E-state index in [2.05, 4.69) is 10.3 Å². The number of carbonyl (C=O) groups excluding carboxylic acids is 2. The average Bonchev–Trinajstić information content (AvgIpc) is 2.38. The Kier molecular flexibility index (Phi) is 5.26. The van der Waals surface area contributed by atoms with Crippen LogP contribution in [0.1, 0.15) is 24.3 Å². The molecule has 0 fully saturated rings. The fraction of sp³-hybridized carbons (Fsp3) is 0.417. The molecule has 0 aliphatic rings. The minimum absolute atomic E-state index is 0.203. The van der Waals surface area contributed by atoms with Crippen molar-refractivity contribution in [1.29, 1.82) is 0 Å². The lowest BCUT2D eigenvalue weighted by Crippen LogP contribution is -2.26. The normalized spacial score (nSPS) is 11.7. The Bertz CT molecular complexity index is 417. The number of methoxy groups -OCH3 is 1. The first kappa shape index (κ1) is 14.1. The van der Waals surface area contributed by atoms with Gasteiger partial charge in [-0.3, -0.25) is 4.79 Å². The van der Waals surface area contributed by atoms with Crippen LogP contribution in [-0.2, 0) is 14.3 Å². The van der Waals surface area contributed by atoms with E-state index < -0.39 is 12.1 Å². The molecule has 1 atom stereocenters. The van der Waals surface area contributed by atoms with E-state index in [1.807, 2.05) is 0 Å². The molecule has 0 aromatic carbocycles. The number of pyridine rings is 1. The summed E-state index contributed by atoms with van der Waals surface area (Å²) < 4.78 is 9.67. The molecule has 6 nitrogen and oxygen atoms in total. The summed E-state index contributed by atoms with van der Waals surface area (Å²) in [4.78, 5) is 26.8. The molecule has 6 heteroatoms. The summed E-state index contributed by atoms with van der Waals surface area (Å²) in [5.41, 5.74) is 0.701. The Balaban J connectivity index is 2.66. The van der Waals surface area contributed by atoms with E-state index in [1.165, 1.54) is 19.4 Å². The smallest absolute Gasteiger partial charge is 0.356 e. The van der Waals surface area contributed by atoms with Gasteiger partial charge >= 0.3 is 5.97 Å². The number of hydrogen-bond acceptors (Lipinski definition) is 5. The van der Waals surface area contributed by atoms with Crippen molar-refractivity contribution in [3.8, 4) is 0 Å². The highest BCUT2D eigenvalue weighted by Crippen LogP contribution is 2.08. The van der Waals surface area contributed by atoms with E-state index in [4.69, 9.17) is 9.47 Å². The SMILES string of the molecule is CCOC(=O)c1ccc(NC(=O)C(C)OC)cn1. The number of anilines is 1. The van der Waals surface area contributed by atoms with Crippen molar-refractivity contribution in [2.75, 3.05) is 19.0 Å². The summed E-state index contributed by atoms with van der Waals surface area (Å²) in [5.74, 6) is -0.760. The van der Waals surface area contributed by atoms with Crippen molar-refractivity contribution in [2.45, 2.75) is 20.0 Å². The first-order valence-corrected chi connectivity index (χ1v) is 5.55. The molecule has 1 amide bonds. The van der Waals surface area contributed by atoms with Crippen molar-refractivity contribution in [3.05, 3.63) is 24.0 Å². The van der Waals surface area contributed by atoms with Crippen LogP contribution < -0.4 is 5.32 Å². The average molecular weight is 252 g/mol. The molecule has 0 spiro atoms. The third kappa shape index (κ3) is 3.81. The summed E-state index contributed by atoms with van der Waals surface area (Å²) in [6.45, 7) is 3.65. The summed E-state index contributed by atoms with van der Waals surface area (Å²) in [5, 5.41) is 2.61. The van der Waals surface area contributed by atoms with E-state index in [-0.39, 0.29) is 11.6 Å². The monoisotopic (exact) mass is 252 g/mol. The predicted octanol–water partition coefficient (Wildman–Crippen LogP) is 1.23. The summed E-state index contributed by atoms with van der Waals surface area (Å²) in [7, 11) is 1.45. The van der Waals surface area contributed by atoms with Gasteiger partial charge in [-0.05, 0) is 26.0 Å². The molecule has 1 unspecified atom stereocenters. The van der Waals surface area contributed by atoms with E-state index in [1.54, 1.807) is 19.9 Å². The Hall–Kier alpha value is -1.95. The van der Waals surface area contributed by atoms with Crippen molar-refractivity contribution < 1.29 is 19.1 Å². The number of esters is 1. The molecule has 98 valence electrons. The molecule has 1 aromatic rings. The number of carbonyl (C=O) groups is 2. The van der Waals surface area contributed by atoms with Gasteiger partial charge in [0.15, 0.2) is 0 Å². The second-order valence-corrected chi connectivity index (χ2v) is 3.52. The number of ether oxygens (including phenoxy) is 2. The molecule has 0 bridgehead atoms. The highest BCUT2D eigenvalue weighted by molar-refractivity contribution is 5.94. The molecule has 1 rings (SSSR count). The lowest BCUT2D eigenvalue weighted by molar-refractivity contribution is -0.124. The van der Waals surface area contributed by atoms with Gasteiger partial charge in [-0.25, -0.2) is 9.78 Å². The Morgan fingerprint density at radius 2 is 2.17 bits per heavy atom. The maximum absolute atomic E-state index is 11.5. The molecule has 0 aliphatic heterocycles. The number of nitrogens with one attached hydrogen (secondary N) is 1. The van der Waals surface area contributed by atoms with Gasteiger partial charge < -0.3 is 14.8 Å². The van der Waals surface area contributed by atoms with Gasteiger partial charge in [-0.15, -0.1) is 0 Å². The molecule has 1 heterocycles. The molecular formula is C12H16N2O4. The summed E-state index contributed by atoms with van der Waals surface area (Å²) in [6, 6.07) is 3.07. The van der Waals surface area contributed by atoms with Crippen LogP contribution in [0.3, 0.4) is 0 Å². The Labute approximate surface area is 105 Å². The zero-order chi connectivity index (χ0) is 13.5. The van der Waals surface area contributed by atoms with Crippen molar-refractivity contribution in [2.24, 2.45) is 0 Å². The maximum Gasteiger partial charge on any atom is 0.356 e. The van der Waals surface area contributed by atoms with E-state index in [0.29, 0.717) is 12.3 Å². The van der Waals surface area contributed by atoms with Crippen molar-refractivity contribution in [1.82, 2.24) is 4.98 Å². The molecule has 1 N–H and O–H groups in total. The summed E-state index contributed by atoms with van der Waals surface area (Å²) >= 11 is 0. The van der Waals surface area contributed by atoms with Gasteiger partial charge in [0.2, 0.25) is 0 Å². The topological polar surface area (TPSA) is 77.5 Å². The molecule has 1 aromatic heterocycles. The quantitative estimate of drug-likeness (QED) is 0.797. The van der Waals surface area contributed by atoms with Crippen LogP contribution in [0.2, 0.25) is 0 Å². The molecule has 18 heavy (non-hydrogen) atoms. The van der Waals surface area contributed by atoms with Gasteiger partial charge in [0.25, 0.3) is 5.91 Å². The number of hydrogen-bond donors (Lipinski definition) is 1. The first-order chi connectivity index (χ1) is 8.58. The third-order valence-corrected chi connectivity index (χ3v) is 2.24. The van der Waals surface area contributed by atoms with Crippen LogP contribution >= 0.6 is 0 Å². The van der Waals surface area contributed by atoms with Gasteiger partial charge in [0.05, 0.1) is 18.5 Å². The number of amides is 1. The standard InChI is InChI=1S/C12H16N2O4/c1-4-18-12(16)10-6-5-9(7-13-10)14-11(15)8(2)17-3/h5-8H,4H2,1-3H3,(H,14,15). The van der Waals surface area contributed by atoms with E-state index in [0.717, 1.165) is 0 Å². The van der Waals surface area contributed by atoms with E-state index in [9.17, 15) is 9.59 Å². The molecular weight excluding hydrogens is 236 g/mol. The second-order valence-electron chi connectivity index (χ2n) is 3.52. The predicted molar refractivity (Wildman–Crippen MR) is 65.3 cm³/mol. The first-order valence-electron chi connectivity index (χ1n) is 5.55. The summed E-state index contributed by atoms with van der Waals surface area (Å²) in [6.07, 6.45) is 0.849. The second kappa shape index (κ2) is 6.70. The Morgan fingerprint density at radius 3 is 2.67 bits per heavy atom. The highest BCUT2D eigenvalue weighted by atomic mass is 16.5. The lowest BCUT2D eigenvalue weighted by atomic mass is 10.3. The van der Waals surface area contributed by atoms with E-state index >= 15 is 0 Å². The van der Waals surface area contributed by atoms with Gasteiger partial charge in [0, 0.05) is 7.11 Å². The van der Waals surface area contributed by atoms with Crippen LogP contribution in [0.4, 0.5) is 5.69 Å². The molecule has 0 saturated carbocycles. The van der Waals surface area contributed by atoms with Crippen molar-refractivity contribution in [3.63, 3.8) is 0 Å². The minimum Gasteiger partial charge on any atom is -0.461 e. The number of rotatable bonds is 5. The fourth-order valence-electron chi connectivity index (χ4n) is 1.14. The number of aromatic nitrogens is 1. The van der Waals surface area contributed by atoms with Crippen LogP contribution in [-0.4, -0.2) is 36.7 Å². The molecule has 0 radical (unpaired) electrons. The van der Waals surface area contributed by atoms with Gasteiger partial charge in [-0.1, -0.05) is 0 Å². The van der Waals surface area contributed by atoms with Gasteiger partial charge in [0.1, 0.15) is 11.8 Å². The third-order valence-electron chi connectivity index (χ3n) is 2.24. The van der Waals surface area contributed by atoms with Crippen LogP contribution in [0.5, 0.6) is 0 Å². The zero-order valence-electron chi connectivity index (χ0n) is 10.6. The van der Waals surface area contributed by atoms with Crippen molar-refractivity contribution >= 4 is 17.6 Å². The minimum atomic E-state index is -0.547. The Morgan fingerprint density at radius 1 is 1.44 bits per heavy atom. The number of nitrogens with zero attached hydrogens (tertiary/aromatic N) is 1. The van der Waals surface area contributed by atoms with Crippen LogP contribution in [0, 0.1) is 0 Å². The lowest BCUT2D eigenvalue weighted by Gasteiger charge is -2.10. The molecule has 0 aliphatic carbocycles. The van der Waals surface area contributed by atoms with Gasteiger partial charge in [-0.2, -0.15) is 0 Å². The largest absolute Gasteiger partial charge is 0.461 e. The van der Waals surface area contributed by atoms with Crippen LogP contribution in [0.25, 0.3) is 0 Å². The highest BCUT2D eigenvalue weighted by Gasteiger charge is 2.12. The zero-order valence-corrected chi connectivity index (χ0v) is 10.6. The fourth-order valence-corrected chi connectivity index (χ4v) is 1.14. The molecule has 0 saturated heterocycles. The maximum atomic E-state index is 11.5. The van der Waals surface area contributed by atoms with Crippen LogP contribution in [0.15, 0.2) is 18.3 Å².